The maximum atomic E-state index is 14.9. The first-order valence-electron chi connectivity index (χ1n) is 10.7. The second-order valence-electron chi connectivity index (χ2n) is 8.02. The average Bonchev–Trinajstić information content (AvgIpc) is 3.28. The van der Waals surface area contributed by atoms with Crippen LogP contribution in [0.2, 0.25) is 0 Å². The number of nitrogens with one attached hydrogen (secondary N) is 1. The van der Waals surface area contributed by atoms with Crippen molar-refractivity contribution < 1.29 is 4.39 Å². The Morgan fingerprint density at radius 3 is 2.69 bits per heavy atom. The summed E-state index contributed by atoms with van der Waals surface area (Å²) < 4.78 is 14.9. The molecular weight excluding hydrogens is 423 g/mol. The smallest absolute Gasteiger partial charge is 0.229 e. The summed E-state index contributed by atoms with van der Waals surface area (Å²) in [6, 6.07) is 15.3. The van der Waals surface area contributed by atoms with Gasteiger partial charge in [0, 0.05) is 49.4 Å². The van der Waals surface area contributed by atoms with Gasteiger partial charge in [0.05, 0.1) is 11.4 Å². The number of piperazine rings is 1. The number of fused-ring (bicyclic) bond motifs is 1. The lowest BCUT2D eigenvalue weighted by molar-refractivity contribution is 0.311. The maximum absolute atomic E-state index is 14.9. The number of likely N-dealkylation sites (N-methyl/N-ethyl adjacent to an activating group) is 1. The molecule has 2 aromatic carbocycles. The van der Waals surface area contributed by atoms with Gasteiger partial charge in [-0.1, -0.05) is 18.2 Å². The van der Waals surface area contributed by atoms with Crippen LogP contribution >= 0.6 is 11.3 Å². The molecule has 0 atom stereocenters. The highest BCUT2D eigenvalue weighted by atomic mass is 32.1. The molecule has 0 amide bonds. The third kappa shape index (κ3) is 4.17. The van der Waals surface area contributed by atoms with Crippen molar-refractivity contribution in [1.82, 2.24) is 14.9 Å². The number of hydrogen-bond donors (Lipinski definition) is 2. The molecule has 2 aromatic heterocycles. The standard InChI is InChI=1S/C24H25FN6S/c1-30-8-10-31(11-9-30)21-6-5-18(14-20(21)25)27-24-28-22(19-7-12-32-23(19)29-24)17-4-2-3-16(13-17)15-26/h2-7,12-14H,8-11,15,26H2,1H3,(H,27,28,29). The molecule has 0 unspecified atom stereocenters. The first kappa shape index (κ1) is 20.8. The van der Waals surface area contributed by atoms with Gasteiger partial charge in [0.15, 0.2) is 0 Å². The van der Waals surface area contributed by atoms with Crippen molar-refractivity contribution in [2.75, 3.05) is 43.4 Å². The molecule has 5 rings (SSSR count). The van der Waals surface area contributed by atoms with Gasteiger partial charge in [-0.2, -0.15) is 0 Å². The molecule has 3 heterocycles. The van der Waals surface area contributed by atoms with Gasteiger partial charge in [0.25, 0.3) is 0 Å². The molecule has 8 heteroatoms. The number of nitrogens with two attached hydrogens (primary N) is 1. The normalized spacial score (nSPS) is 14.8. The summed E-state index contributed by atoms with van der Waals surface area (Å²) in [5.74, 6) is 0.201. The summed E-state index contributed by atoms with van der Waals surface area (Å²) in [7, 11) is 2.09. The van der Waals surface area contributed by atoms with Gasteiger partial charge in [-0.15, -0.1) is 11.3 Å². The molecule has 6 nitrogen and oxygen atoms in total. The predicted octanol–water partition coefficient (Wildman–Crippen LogP) is 4.45. The van der Waals surface area contributed by atoms with Crippen molar-refractivity contribution in [2.24, 2.45) is 5.73 Å². The SMILES string of the molecule is CN1CCN(c2ccc(Nc3nc(-c4cccc(CN)c4)c4ccsc4n3)cc2F)CC1. The monoisotopic (exact) mass is 448 g/mol. The van der Waals surface area contributed by atoms with E-state index in [1.165, 1.54) is 6.07 Å². The van der Waals surface area contributed by atoms with Gasteiger partial charge in [0.1, 0.15) is 10.6 Å². The summed E-state index contributed by atoms with van der Waals surface area (Å²) in [5.41, 5.74) is 9.95. The molecule has 1 aliphatic heterocycles. The maximum Gasteiger partial charge on any atom is 0.229 e. The molecule has 164 valence electrons. The summed E-state index contributed by atoms with van der Waals surface area (Å²) >= 11 is 1.55. The van der Waals surface area contributed by atoms with Crippen molar-refractivity contribution in [3.8, 4) is 11.3 Å². The zero-order valence-electron chi connectivity index (χ0n) is 17.9. The highest BCUT2D eigenvalue weighted by molar-refractivity contribution is 7.16. The predicted molar refractivity (Wildman–Crippen MR) is 130 cm³/mol. The van der Waals surface area contributed by atoms with Crippen LogP contribution in [0.25, 0.3) is 21.5 Å². The van der Waals surface area contributed by atoms with Gasteiger partial charge in [-0.05, 0) is 48.3 Å². The first-order chi connectivity index (χ1) is 15.6. The van der Waals surface area contributed by atoms with Crippen LogP contribution in [0.5, 0.6) is 0 Å². The van der Waals surface area contributed by atoms with Crippen molar-refractivity contribution in [3.63, 3.8) is 0 Å². The molecule has 0 radical (unpaired) electrons. The summed E-state index contributed by atoms with van der Waals surface area (Å²) in [4.78, 5) is 14.6. The first-order valence-corrected chi connectivity index (χ1v) is 11.5. The molecule has 4 aromatic rings. The third-order valence-electron chi connectivity index (χ3n) is 5.81. The topological polar surface area (TPSA) is 70.3 Å². The van der Waals surface area contributed by atoms with E-state index >= 15 is 0 Å². The minimum Gasteiger partial charge on any atom is -0.367 e. The minimum atomic E-state index is -0.243. The number of halogens is 1. The number of nitrogens with zero attached hydrogens (tertiary/aromatic N) is 4. The Morgan fingerprint density at radius 1 is 1.06 bits per heavy atom. The van der Waals surface area contributed by atoms with E-state index in [9.17, 15) is 4.39 Å². The van der Waals surface area contributed by atoms with Crippen molar-refractivity contribution >= 4 is 38.9 Å². The molecule has 32 heavy (non-hydrogen) atoms. The quantitative estimate of drug-likeness (QED) is 0.470. The van der Waals surface area contributed by atoms with E-state index in [-0.39, 0.29) is 5.82 Å². The highest BCUT2D eigenvalue weighted by Gasteiger charge is 2.18. The number of anilines is 3. The molecule has 1 aliphatic rings. The average molecular weight is 449 g/mol. The van der Waals surface area contributed by atoms with Crippen molar-refractivity contribution in [3.05, 3.63) is 65.3 Å². The lowest BCUT2D eigenvalue weighted by Gasteiger charge is -2.34. The number of thiophene rings is 1. The zero-order valence-corrected chi connectivity index (χ0v) is 18.7. The number of rotatable bonds is 5. The van der Waals surface area contributed by atoms with Crippen LogP contribution in [0.1, 0.15) is 5.56 Å². The van der Waals surface area contributed by atoms with E-state index in [2.05, 4.69) is 27.1 Å². The molecule has 1 saturated heterocycles. The summed E-state index contributed by atoms with van der Waals surface area (Å²) in [6.07, 6.45) is 0. The fourth-order valence-corrected chi connectivity index (χ4v) is 4.76. The fraction of sp³-hybridized carbons (Fsp3) is 0.250. The van der Waals surface area contributed by atoms with Crippen LogP contribution in [-0.4, -0.2) is 48.1 Å². The van der Waals surface area contributed by atoms with Crippen LogP contribution in [-0.2, 0) is 6.54 Å². The second-order valence-corrected chi connectivity index (χ2v) is 8.92. The van der Waals surface area contributed by atoms with Gasteiger partial charge < -0.3 is 20.9 Å². The van der Waals surface area contributed by atoms with E-state index < -0.39 is 0 Å². The number of benzene rings is 2. The lowest BCUT2D eigenvalue weighted by Crippen LogP contribution is -2.44. The molecule has 0 spiro atoms. The molecule has 3 N–H and O–H groups in total. The largest absolute Gasteiger partial charge is 0.367 e. The van der Waals surface area contributed by atoms with E-state index in [4.69, 9.17) is 10.7 Å². The van der Waals surface area contributed by atoms with E-state index in [0.717, 1.165) is 53.2 Å². The molecule has 0 bridgehead atoms. The second kappa shape index (κ2) is 8.82. The Kier molecular flexibility index (Phi) is 5.73. The molecular formula is C24H25FN6S. The summed E-state index contributed by atoms with van der Waals surface area (Å²) in [6.45, 7) is 3.98. The minimum absolute atomic E-state index is 0.243. The highest BCUT2D eigenvalue weighted by Crippen LogP contribution is 2.32. The lowest BCUT2D eigenvalue weighted by atomic mass is 10.1. The van der Waals surface area contributed by atoms with Gasteiger partial charge >= 0.3 is 0 Å². The Bertz CT molecular complexity index is 1250. The Morgan fingerprint density at radius 2 is 1.91 bits per heavy atom. The van der Waals surface area contributed by atoms with E-state index in [1.54, 1.807) is 11.3 Å². The van der Waals surface area contributed by atoms with Crippen molar-refractivity contribution in [2.45, 2.75) is 6.54 Å². The number of aromatic nitrogens is 2. The molecule has 0 aliphatic carbocycles. The Balaban J connectivity index is 1.45. The van der Waals surface area contributed by atoms with Crippen LogP contribution in [0.3, 0.4) is 0 Å². The number of hydrogen-bond acceptors (Lipinski definition) is 7. The molecule has 1 fully saturated rings. The fourth-order valence-electron chi connectivity index (χ4n) is 3.99. The summed E-state index contributed by atoms with van der Waals surface area (Å²) in [5, 5.41) is 6.19. The van der Waals surface area contributed by atoms with Crippen molar-refractivity contribution in [1.29, 1.82) is 0 Å². The van der Waals surface area contributed by atoms with E-state index in [0.29, 0.717) is 23.9 Å². The van der Waals surface area contributed by atoms with Gasteiger partial charge in [0.2, 0.25) is 5.95 Å². The molecule has 0 saturated carbocycles. The Hall–Kier alpha value is -3.07. The zero-order chi connectivity index (χ0) is 22.1. The third-order valence-corrected chi connectivity index (χ3v) is 6.62. The van der Waals surface area contributed by atoms with Gasteiger partial charge in [-0.3, -0.25) is 0 Å². The van der Waals surface area contributed by atoms with E-state index in [1.807, 2.05) is 47.8 Å². The van der Waals surface area contributed by atoms with Crippen LogP contribution in [0, 0.1) is 5.82 Å². The van der Waals surface area contributed by atoms with Gasteiger partial charge in [-0.25, -0.2) is 14.4 Å². The Labute approximate surface area is 190 Å². The van der Waals surface area contributed by atoms with Crippen LogP contribution in [0.15, 0.2) is 53.9 Å². The van der Waals surface area contributed by atoms with Crippen LogP contribution < -0.4 is 16.0 Å². The van der Waals surface area contributed by atoms with Crippen LogP contribution in [0.4, 0.5) is 21.7 Å².